The zero-order valence-corrected chi connectivity index (χ0v) is 11.2. The topological polar surface area (TPSA) is 60.7 Å². The lowest BCUT2D eigenvalue weighted by atomic mass is 10.1. The fourth-order valence-corrected chi connectivity index (χ4v) is 2.21. The Morgan fingerprint density at radius 1 is 1.25 bits per heavy atom. The van der Waals surface area contributed by atoms with Crippen molar-refractivity contribution in [2.45, 2.75) is 0 Å². The van der Waals surface area contributed by atoms with E-state index in [9.17, 15) is 4.79 Å². The monoisotopic (exact) mass is 282 g/mol. The van der Waals surface area contributed by atoms with Crippen molar-refractivity contribution >= 4 is 23.4 Å². The molecule has 1 aromatic carbocycles. The average molecular weight is 282 g/mol. The van der Waals surface area contributed by atoms with Crippen molar-refractivity contribution in [3.8, 4) is 5.69 Å². The van der Waals surface area contributed by atoms with Crippen LogP contribution in [0.1, 0.15) is 16.1 Å². The van der Waals surface area contributed by atoms with Crippen LogP contribution >= 0.6 is 11.5 Å². The van der Waals surface area contributed by atoms with E-state index in [2.05, 4.69) is 14.7 Å². The molecule has 5 nitrogen and oxygen atoms in total. The zero-order valence-electron chi connectivity index (χ0n) is 10.4. The van der Waals surface area contributed by atoms with Crippen molar-refractivity contribution in [2.75, 3.05) is 0 Å². The van der Waals surface area contributed by atoms with Gasteiger partial charge in [0.05, 0.1) is 11.4 Å². The molecular weight excluding hydrogens is 272 g/mol. The van der Waals surface area contributed by atoms with Crippen molar-refractivity contribution in [3.05, 3.63) is 65.4 Å². The number of rotatable bonds is 4. The molecule has 2 aromatic heterocycles. The molecule has 0 bridgehead atoms. The number of nitrogens with zero attached hydrogens (tertiary/aromatic N) is 4. The van der Waals surface area contributed by atoms with Crippen LogP contribution in [0.5, 0.6) is 0 Å². The van der Waals surface area contributed by atoms with E-state index in [1.54, 1.807) is 34.6 Å². The number of aromatic nitrogens is 4. The highest BCUT2D eigenvalue weighted by Crippen LogP contribution is 2.15. The Kier molecular flexibility index (Phi) is 3.47. The number of ketones is 1. The molecule has 6 heteroatoms. The smallest absolute Gasteiger partial charge is 0.188 e. The third-order valence-electron chi connectivity index (χ3n) is 2.70. The van der Waals surface area contributed by atoms with Crippen LogP contribution in [0.4, 0.5) is 0 Å². The van der Waals surface area contributed by atoms with Crippen LogP contribution in [0.15, 0.2) is 54.2 Å². The predicted octanol–water partition coefficient (Wildman–Crippen LogP) is 2.62. The Morgan fingerprint density at radius 3 is 2.90 bits per heavy atom. The van der Waals surface area contributed by atoms with E-state index in [1.165, 1.54) is 17.6 Å². The van der Waals surface area contributed by atoms with Crippen molar-refractivity contribution in [2.24, 2.45) is 0 Å². The van der Waals surface area contributed by atoms with Gasteiger partial charge in [0, 0.05) is 23.3 Å². The maximum absolute atomic E-state index is 12.3. The summed E-state index contributed by atoms with van der Waals surface area (Å²) in [5, 5.41) is 9.81. The molecule has 0 atom stereocenters. The molecule has 20 heavy (non-hydrogen) atoms. The Morgan fingerprint density at radius 2 is 2.15 bits per heavy atom. The molecule has 0 saturated carbocycles. The number of hydrogen-bond acceptors (Lipinski definition) is 5. The Bertz CT molecular complexity index is 732. The van der Waals surface area contributed by atoms with Gasteiger partial charge in [0.25, 0.3) is 0 Å². The van der Waals surface area contributed by atoms with Crippen LogP contribution in [0.2, 0.25) is 0 Å². The van der Waals surface area contributed by atoms with Gasteiger partial charge in [-0.3, -0.25) is 4.79 Å². The highest BCUT2D eigenvalue weighted by atomic mass is 32.1. The Labute approximate surface area is 119 Å². The molecule has 0 amide bonds. The fourth-order valence-electron chi connectivity index (χ4n) is 1.79. The van der Waals surface area contributed by atoms with Crippen LogP contribution in [-0.2, 0) is 0 Å². The summed E-state index contributed by atoms with van der Waals surface area (Å²) in [4.78, 5) is 12.3. The highest BCUT2D eigenvalue weighted by molar-refractivity contribution is 7.03. The van der Waals surface area contributed by atoms with Gasteiger partial charge in [0.2, 0.25) is 0 Å². The molecule has 0 saturated heterocycles. The largest absolute Gasteiger partial charge is 0.289 e. The number of hydrogen-bond donors (Lipinski definition) is 0. The molecule has 0 aliphatic rings. The molecule has 3 rings (SSSR count). The lowest BCUT2D eigenvalue weighted by Gasteiger charge is -2.06. The van der Waals surface area contributed by atoms with Gasteiger partial charge in [-0.1, -0.05) is 16.6 Å². The van der Waals surface area contributed by atoms with Crippen LogP contribution < -0.4 is 0 Å². The second kappa shape index (κ2) is 5.58. The number of carbonyl (C=O) groups excluding carboxylic acids is 1. The normalized spacial score (nSPS) is 11.0. The van der Waals surface area contributed by atoms with Crippen LogP contribution in [-0.4, -0.2) is 25.2 Å². The standard InChI is InChI=1S/C14H10N4OS/c19-14(7-6-11-10-20-17-16-11)12-4-1-2-5-13(12)18-9-3-8-15-18/h1-10H/b7-6-. The van der Waals surface area contributed by atoms with E-state index in [-0.39, 0.29) is 5.78 Å². The van der Waals surface area contributed by atoms with E-state index in [0.29, 0.717) is 11.3 Å². The van der Waals surface area contributed by atoms with Gasteiger partial charge >= 0.3 is 0 Å². The lowest BCUT2D eigenvalue weighted by Crippen LogP contribution is -2.04. The second-order valence-electron chi connectivity index (χ2n) is 4.00. The molecule has 0 radical (unpaired) electrons. The number of para-hydroxylation sites is 1. The van der Waals surface area contributed by atoms with E-state index < -0.39 is 0 Å². The fraction of sp³-hybridized carbons (Fsp3) is 0. The van der Waals surface area contributed by atoms with Gasteiger partial charge in [-0.05, 0) is 41.9 Å². The van der Waals surface area contributed by atoms with E-state index in [0.717, 1.165) is 5.69 Å². The minimum Gasteiger partial charge on any atom is -0.289 e. The van der Waals surface area contributed by atoms with Crippen molar-refractivity contribution in [1.29, 1.82) is 0 Å². The van der Waals surface area contributed by atoms with Gasteiger partial charge in [0.15, 0.2) is 5.78 Å². The summed E-state index contributed by atoms with van der Waals surface area (Å²) < 4.78 is 5.42. The molecule has 0 unspecified atom stereocenters. The zero-order chi connectivity index (χ0) is 13.8. The molecule has 0 aliphatic heterocycles. The first-order chi connectivity index (χ1) is 9.84. The molecule has 0 fully saturated rings. The maximum atomic E-state index is 12.3. The summed E-state index contributed by atoms with van der Waals surface area (Å²) in [6, 6.07) is 9.17. The first-order valence-corrected chi connectivity index (χ1v) is 6.77. The van der Waals surface area contributed by atoms with Crippen LogP contribution in [0, 0.1) is 0 Å². The first-order valence-electron chi connectivity index (χ1n) is 5.93. The van der Waals surface area contributed by atoms with Crippen LogP contribution in [0.3, 0.4) is 0 Å². The second-order valence-corrected chi connectivity index (χ2v) is 4.60. The highest BCUT2D eigenvalue weighted by Gasteiger charge is 2.09. The Hall–Kier alpha value is -2.60. The first kappa shape index (κ1) is 12.4. The molecule has 0 aliphatic carbocycles. The SMILES string of the molecule is O=C(/C=C\c1csnn1)c1ccccc1-n1cccn1. The summed E-state index contributed by atoms with van der Waals surface area (Å²) in [5.41, 5.74) is 2.03. The van der Waals surface area contributed by atoms with E-state index in [4.69, 9.17) is 0 Å². The van der Waals surface area contributed by atoms with Crippen LogP contribution in [0.25, 0.3) is 11.8 Å². The van der Waals surface area contributed by atoms with Gasteiger partial charge < -0.3 is 0 Å². The molecule has 0 spiro atoms. The Balaban J connectivity index is 1.92. The van der Waals surface area contributed by atoms with Gasteiger partial charge in [-0.15, -0.1) is 5.10 Å². The summed E-state index contributed by atoms with van der Waals surface area (Å²) in [5.74, 6) is -0.0934. The average Bonchev–Trinajstić information content (AvgIpc) is 3.18. The van der Waals surface area contributed by atoms with Crippen molar-refractivity contribution in [3.63, 3.8) is 0 Å². The van der Waals surface area contributed by atoms with Gasteiger partial charge in [0.1, 0.15) is 0 Å². The quantitative estimate of drug-likeness (QED) is 0.545. The third-order valence-corrected chi connectivity index (χ3v) is 3.23. The van der Waals surface area contributed by atoms with Gasteiger partial charge in [-0.2, -0.15) is 5.10 Å². The van der Waals surface area contributed by atoms with E-state index >= 15 is 0 Å². The minimum absolute atomic E-state index is 0.0934. The summed E-state index contributed by atoms with van der Waals surface area (Å²) in [7, 11) is 0. The summed E-state index contributed by atoms with van der Waals surface area (Å²) in [6.07, 6.45) is 6.64. The maximum Gasteiger partial charge on any atom is 0.188 e. The third kappa shape index (κ3) is 2.55. The predicted molar refractivity (Wildman–Crippen MR) is 76.8 cm³/mol. The van der Waals surface area contributed by atoms with Gasteiger partial charge in [-0.25, -0.2) is 4.68 Å². The number of benzene rings is 1. The van der Waals surface area contributed by atoms with E-state index in [1.807, 2.05) is 24.3 Å². The molecule has 3 aromatic rings. The summed E-state index contributed by atoms with van der Waals surface area (Å²) in [6.45, 7) is 0. The lowest BCUT2D eigenvalue weighted by molar-refractivity contribution is 0.104. The molecular formula is C14H10N4OS. The van der Waals surface area contributed by atoms with Crippen molar-refractivity contribution < 1.29 is 4.79 Å². The molecule has 2 heterocycles. The number of allylic oxidation sites excluding steroid dienone is 1. The molecule has 98 valence electrons. The van der Waals surface area contributed by atoms with Crippen molar-refractivity contribution in [1.82, 2.24) is 19.4 Å². The molecule has 0 N–H and O–H groups in total. The number of carbonyl (C=O) groups is 1. The minimum atomic E-state index is -0.0934. The summed E-state index contributed by atoms with van der Waals surface area (Å²) >= 11 is 1.25.